The molecule has 2 N–H and O–H groups in total. The van der Waals surface area contributed by atoms with E-state index in [0.717, 1.165) is 49.8 Å². The number of hydrogen-bond donors (Lipinski definition) is 2. The molecule has 4 amide bonds. The van der Waals surface area contributed by atoms with Gasteiger partial charge < -0.3 is 20.4 Å². The lowest BCUT2D eigenvalue weighted by atomic mass is 9.87. The number of pyridine rings is 1. The predicted molar refractivity (Wildman–Crippen MR) is 132 cm³/mol. The van der Waals surface area contributed by atoms with Crippen molar-refractivity contribution in [2.45, 2.75) is 70.0 Å². The number of halogens is 1. The first-order chi connectivity index (χ1) is 17.3. The number of nitrogens with one attached hydrogen (secondary N) is 2. The van der Waals surface area contributed by atoms with Gasteiger partial charge in [-0.2, -0.15) is 0 Å². The highest BCUT2D eigenvalue weighted by Crippen LogP contribution is 2.35. The quantitative estimate of drug-likeness (QED) is 0.675. The van der Waals surface area contributed by atoms with Crippen LogP contribution in [0.15, 0.2) is 36.5 Å². The second-order valence-corrected chi connectivity index (χ2v) is 10.2. The third-order valence-corrected chi connectivity index (χ3v) is 7.71. The van der Waals surface area contributed by atoms with E-state index in [2.05, 4.69) is 15.6 Å². The minimum absolute atomic E-state index is 0.0636. The Hall–Kier alpha value is -3.49. The molecule has 3 heterocycles. The average molecular weight is 494 g/mol. The molecule has 1 aliphatic carbocycles. The monoisotopic (exact) mass is 493 g/mol. The minimum atomic E-state index is -0.723. The fourth-order valence-electron chi connectivity index (χ4n) is 5.84. The lowest BCUT2D eigenvalue weighted by molar-refractivity contribution is -0.142. The third-order valence-electron chi connectivity index (χ3n) is 7.71. The van der Waals surface area contributed by atoms with Crippen LogP contribution < -0.4 is 10.6 Å². The highest BCUT2D eigenvalue weighted by atomic mass is 19.1. The Kier molecular flexibility index (Phi) is 6.64. The second-order valence-electron chi connectivity index (χ2n) is 10.2. The van der Waals surface area contributed by atoms with Gasteiger partial charge in [-0.15, -0.1) is 0 Å². The molecule has 2 aliphatic heterocycles. The second kappa shape index (κ2) is 9.87. The maximum atomic E-state index is 13.4. The highest BCUT2D eigenvalue weighted by Gasteiger charge is 2.44. The molecule has 1 saturated heterocycles. The number of benzene rings is 1. The molecule has 0 atom stereocenters. The Labute approximate surface area is 210 Å². The van der Waals surface area contributed by atoms with Gasteiger partial charge in [-0.1, -0.05) is 25.0 Å². The zero-order valence-electron chi connectivity index (χ0n) is 20.6. The van der Waals surface area contributed by atoms with Gasteiger partial charge in [0, 0.05) is 32.2 Å². The van der Waals surface area contributed by atoms with E-state index in [-0.39, 0.29) is 17.8 Å². The molecular weight excluding hydrogens is 461 g/mol. The molecule has 0 bridgehead atoms. The predicted octanol–water partition coefficient (Wildman–Crippen LogP) is 3.92. The topological polar surface area (TPSA) is 94.6 Å². The number of nitrogens with zero attached hydrogens (tertiary/aromatic N) is 3. The molecule has 8 nitrogen and oxygen atoms in total. The van der Waals surface area contributed by atoms with Gasteiger partial charge in [0.2, 0.25) is 11.8 Å². The molecule has 2 aromatic rings. The summed E-state index contributed by atoms with van der Waals surface area (Å²) in [4.78, 5) is 45.3. The largest absolute Gasteiger partial charge is 0.342 e. The molecule has 1 aromatic carbocycles. The van der Waals surface area contributed by atoms with Crippen LogP contribution in [0.3, 0.4) is 0 Å². The van der Waals surface area contributed by atoms with Crippen molar-refractivity contribution in [3.63, 3.8) is 0 Å². The van der Waals surface area contributed by atoms with Gasteiger partial charge in [-0.3, -0.25) is 14.6 Å². The molecule has 0 radical (unpaired) electrons. The van der Waals surface area contributed by atoms with E-state index in [4.69, 9.17) is 0 Å². The summed E-state index contributed by atoms with van der Waals surface area (Å²) in [5, 5.41) is 5.87. The summed E-state index contributed by atoms with van der Waals surface area (Å²) in [6.07, 6.45) is 6.27. The number of carbonyl (C=O) groups is 3. The molecule has 0 unspecified atom stereocenters. The Morgan fingerprint density at radius 2 is 1.72 bits per heavy atom. The van der Waals surface area contributed by atoms with Crippen LogP contribution in [-0.4, -0.2) is 51.3 Å². The van der Waals surface area contributed by atoms with Crippen LogP contribution in [0.2, 0.25) is 0 Å². The first-order valence-electron chi connectivity index (χ1n) is 12.7. The Morgan fingerprint density at radius 3 is 2.39 bits per heavy atom. The van der Waals surface area contributed by atoms with Gasteiger partial charge in [-0.05, 0) is 60.9 Å². The number of likely N-dealkylation sites (tertiary alicyclic amines) is 1. The first kappa shape index (κ1) is 24.2. The van der Waals surface area contributed by atoms with E-state index >= 15 is 0 Å². The van der Waals surface area contributed by atoms with E-state index in [1.807, 2.05) is 29.2 Å². The van der Waals surface area contributed by atoms with Crippen LogP contribution in [0.1, 0.15) is 68.2 Å². The van der Waals surface area contributed by atoms with Crippen molar-refractivity contribution in [2.75, 3.05) is 18.4 Å². The zero-order chi connectivity index (χ0) is 25.3. The normalized spacial score (nSPS) is 19.2. The molecule has 2 fully saturated rings. The summed E-state index contributed by atoms with van der Waals surface area (Å²) in [6.45, 7) is 3.53. The number of amides is 4. The first-order valence-corrected chi connectivity index (χ1v) is 12.7. The molecule has 3 aliphatic rings. The van der Waals surface area contributed by atoms with Crippen molar-refractivity contribution in [1.82, 2.24) is 20.1 Å². The van der Waals surface area contributed by atoms with Crippen molar-refractivity contribution in [3.8, 4) is 0 Å². The number of piperidine rings is 1. The number of urea groups is 1. The zero-order valence-corrected chi connectivity index (χ0v) is 20.6. The Morgan fingerprint density at radius 1 is 1.03 bits per heavy atom. The number of anilines is 1. The molecule has 9 heteroatoms. The molecule has 190 valence electrons. The smallest absolute Gasteiger partial charge is 0.322 e. The Bertz CT molecular complexity index is 1150. The SMILES string of the molecule is CC(=O)NC1(C(=O)N2CCC(c3ccc(NC(=O)N4Cc5cc(F)cnc5C4)cc3)CC2)CCCC1. The van der Waals surface area contributed by atoms with Crippen LogP contribution in [0.25, 0.3) is 0 Å². The fourth-order valence-corrected chi connectivity index (χ4v) is 5.84. The van der Waals surface area contributed by atoms with Crippen LogP contribution in [0, 0.1) is 5.82 Å². The lowest BCUT2D eigenvalue weighted by Crippen LogP contribution is -2.58. The number of fused-ring (bicyclic) bond motifs is 1. The van der Waals surface area contributed by atoms with Gasteiger partial charge in [-0.25, -0.2) is 9.18 Å². The summed E-state index contributed by atoms with van der Waals surface area (Å²) in [5.41, 5.74) is 2.62. The van der Waals surface area contributed by atoms with Crippen molar-refractivity contribution in [3.05, 3.63) is 59.2 Å². The van der Waals surface area contributed by atoms with Crippen LogP contribution >= 0.6 is 0 Å². The molecule has 36 heavy (non-hydrogen) atoms. The van der Waals surface area contributed by atoms with Crippen molar-refractivity contribution >= 4 is 23.5 Å². The Balaban J connectivity index is 1.14. The molecule has 0 spiro atoms. The van der Waals surface area contributed by atoms with Crippen molar-refractivity contribution in [1.29, 1.82) is 0 Å². The molecule has 5 rings (SSSR count). The molecule has 1 aromatic heterocycles. The van der Waals surface area contributed by atoms with E-state index in [0.29, 0.717) is 37.8 Å². The summed E-state index contributed by atoms with van der Waals surface area (Å²) < 4.78 is 13.4. The van der Waals surface area contributed by atoms with Crippen molar-refractivity contribution in [2.24, 2.45) is 0 Å². The van der Waals surface area contributed by atoms with E-state index in [1.54, 1.807) is 4.90 Å². The van der Waals surface area contributed by atoms with Crippen LogP contribution in [0.5, 0.6) is 0 Å². The van der Waals surface area contributed by atoms with Gasteiger partial charge in [0.05, 0.1) is 18.4 Å². The minimum Gasteiger partial charge on any atom is -0.342 e. The van der Waals surface area contributed by atoms with E-state index in [1.165, 1.54) is 24.8 Å². The van der Waals surface area contributed by atoms with Gasteiger partial charge >= 0.3 is 6.03 Å². The van der Waals surface area contributed by atoms with E-state index < -0.39 is 11.4 Å². The lowest BCUT2D eigenvalue weighted by Gasteiger charge is -2.39. The summed E-state index contributed by atoms with van der Waals surface area (Å²) >= 11 is 0. The number of aromatic nitrogens is 1. The van der Waals surface area contributed by atoms with Crippen LogP contribution in [0.4, 0.5) is 14.9 Å². The summed E-state index contributed by atoms with van der Waals surface area (Å²) in [5.74, 6) is -0.137. The van der Waals surface area contributed by atoms with E-state index in [9.17, 15) is 18.8 Å². The van der Waals surface area contributed by atoms with Gasteiger partial charge in [0.1, 0.15) is 11.4 Å². The number of rotatable bonds is 4. The summed E-state index contributed by atoms with van der Waals surface area (Å²) in [7, 11) is 0. The van der Waals surface area contributed by atoms with Crippen LogP contribution in [-0.2, 0) is 22.7 Å². The average Bonchev–Trinajstić information content (AvgIpc) is 3.51. The van der Waals surface area contributed by atoms with Gasteiger partial charge in [0.25, 0.3) is 0 Å². The molecular formula is C27H32FN5O3. The molecule has 1 saturated carbocycles. The number of hydrogen-bond acceptors (Lipinski definition) is 4. The highest BCUT2D eigenvalue weighted by molar-refractivity contribution is 5.91. The standard InChI is InChI=1S/C27H32FN5O3/c1-18(34)31-27(10-2-3-11-27)25(35)32-12-8-20(9-13-32)19-4-6-23(7-5-19)30-26(36)33-16-21-14-22(28)15-29-24(21)17-33/h4-7,14-15,20H,2-3,8-13,16-17H2,1H3,(H,30,36)(H,31,34). The van der Waals surface area contributed by atoms with Crippen molar-refractivity contribution < 1.29 is 18.8 Å². The maximum Gasteiger partial charge on any atom is 0.322 e. The summed E-state index contributed by atoms with van der Waals surface area (Å²) in [6, 6.07) is 9.04. The third kappa shape index (κ3) is 4.92. The number of carbonyl (C=O) groups excluding carboxylic acids is 3. The maximum absolute atomic E-state index is 13.4. The fraction of sp³-hybridized carbons (Fsp3) is 0.481. The van der Waals surface area contributed by atoms with Gasteiger partial charge in [0.15, 0.2) is 0 Å².